The summed E-state index contributed by atoms with van der Waals surface area (Å²) < 4.78 is 0. The maximum Gasteiger partial charge on any atom is 0.225 e. The monoisotopic (exact) mass is 536 g/mol. The Hall–Kier alpha value is -4.24. The number of rotatable bonds is 9. The molecule has 1 aliphatic heterocycles. The van der Waals surface area contributed by atoms with E-state index in [4.69, 9.17) is 10.2 Å². The molecule has 1 unspecified atom stereocenters. The van der Waals surface area contributed by atoms with Crippen molar-refractivity contribution in [2.75, 3.05) is 34.2 Å². The number of aromatic nitrogens is 2. The van der Waals surface area contributed by atoms with E-state index in [0.717, 1.165) is 74.1 Å². The minimum absolute atomic E-state index is 0.396. The molecule has 9 heteroatoms. The molecule has 198 valence electrons. The Morgan fingerprint density at radius 1 is 0.769 bits per heavy atom. The summed E-state index contributed by atoms with van der Waals surface area (Å²) in [6, 6.07) is 25.1. The highest BCUT2D eigenvalue weighted by Gasteiger charge is 2.17. The lowest BCUT2D eigenvalue weighted by Gasteiger charge is -2.16. The van der Waals surface area contributed by atoms with Crippen molar-refractivity contribution in [1.29, 1.82) is 0 Å². The summed E-state index contributed by atoms with van der Waals surface area (Å²) in [5.41, 5.74) is 10.3. The Balaban J connectivity index is 1.25. The molecule has 5 aromatic rings. The molecule has 2 heterocycles. The second-order valence-corrected chi connectivity index (χ2v) is 10.8. The van der Waals surface area contributed by atoms with Gasteiger partial charge in [0.15, 0.2) is 0 Å². The molecule has 1 fully saturated rings. The first kappa shape index (κ1) is 25.1. The van der Waals surface area contributed by atoms with Crippen molar-refractivity contribution < 1.29 is 0 Å². The third kappa shape index (κ3) is 5.35. The third-order valence-corrected chi connectivity index (χ3v) is 8.08. The van der Waals surface area contributed by atoms with Crippen molar-refractivity contribution in [3.05, 3.63) is 72.8 Å². The lowest BCUT2D eigenvalue weighted by atomic mass is 10.1. The molecule has 0 spiro atoms. The van der Waals surface area contributed by atoms with E-state index in [9.17, 15) is 0 Å². The number of hydrogen-bond donors (Lipinski definition) is 3. The van der Waals surface area contributed by atoms with Crippen molar-refractivity contribution in [2.45, 2.75) is 39.2 Å². The highest BCUT2D eigenvalue weighted by Crippen LogP contribution is 2.36. The fourth-order valence-corrected chi connectivity index (χ4v) is 5.62. The first-order valence-corrected chi connectivity index (χ1v) is 14.3. The number of benzene rings is 4. The van der Waals surface area contributed by atoms with Crippen LogP contribution in [-0.2, 0) is 0 Å². The summed E-state index contributed by atoms with van der Waals surface area (Å²) in [7, 11) is 0. The van der Waals surface area contributed by atoms with E-state index in [0.29, 0.717) is 6.04 Å². The number of hydrazine groups is 1. The van der Waals surface area contributed by atoms with Gasteiger partial charge in [-0.15, -0.1) is 20.4 Å². The molecular weight excluding hydrogens is 504 g/mol. The van der Waals surface area contributed by atoms with Gasteiger partial charge in [0.05, 0.1) is 17.1 Å². The van der Waals surface area contributed by atoms with Crippen molar-refractivity contribution in [1.82, 2.24) is 10.2 Å². The van der Waals surface area contributed by atoms with Crippen molar-refractivity contribution in [2.24, 2.45) is 10.2 Å². The fourth-order valence-electron chi connectivity index (χ4n) is 4.87. The summed E-state index contributed by atoms with van der Waals surface area (Å²) in [5, 5.41) is 27.6. The van der Waals surface area contributed by atoms with Crippen LogP contribution < -0.4 is 21.1 Å². The van der Waals surface area contributed by atoms with Crippen LogP contribution in [0.5, 0.6) is 0 Å². The first-order chi connectivity index (χ1) is 19.2. The van der Waals surface area contributed by atoms with E-state index in [1.54, 1.807) is 11.3 Å². The molecule has 0 bridgehead atoms. The van der Waals surface area contributed by atoms with Gasteiger partial charge in [-0.05, 0) is 50.5 Å². The Bertz CT molecular complexity index is 1620. The molecule has 4 aromatic carbocycles. The molecule has 1 saturated heterocycles. The lowest BCUT2D eigenvalue weighted by molar-refractivity contribution is 0.765. The highest BCUT2D eigenvalue weighted by atomic mass is 32.1. The Morgan fingerprint density at radius 2 is 1.36 bits per heavy atom. The molecule has 1 aromatic heterocycles. The molecule has 39 heavy (non-hydrogen) atoms. The van der Waals surface area contributed by atoms with Crippen LogP contribution in [0, 0.1) is 0 Å². The van der Waals surface area contributed by atoms with E-state index < -0.39 is 0 Å². The second-order valence-electron chi connectivity index (χ2n) is 9.84. The van der Waals surface area contributed by atoms with Gasteiger partial charge in [0.25, 0.3) is 0 Å². The molecule has 1 aliphatic rings. The molecule has 8 nitrogen and oxygen atoms in total. The average Bonchev–Trinajstić information content (AvgIpc) is 3.68. The average molecular weight is 537 g/mol. The smallest absolute Gasteiger partial charge is 0.225 e. The number of hydrogen-bond acceptors (Lipinski definition) is 9. The lowest BCUT2D eigenvalue weighted by Crippen LogP contribution is -2.17. The number of fused-ring (bicyclic) bond motifs is 2. The summed E-state index contributed by atoms with van der Waals surface area (Å²) in [6.07, 6.45) is 3.49. The van der Waals surface area contributed by atoms with E-state index in [1.165, 1.54) is 12.8 Å². The van der Waals surface area contributed by atoms with Gasteiger partial charge >= 0.3 is 0 Å². The molecule has 6 rings (SSSR count). The molecule has 0 aliphatic carbocycles. The van der Waals surface area contributed by atoms with Gasteiger partial charge < -0.3 is 10.2 Å². The van der Waals surface area contributed by atoms with Crippen LogP contribution in [0.25, 0.3) is 21.5 Å². The van der Waals surface area contributed by atoms with Crippen LogP contribution in [0.15, 0.2) is 83.0 Å². The van der Waals surface area contributed by atoms with Gasteiger partial charge in [0, 0.05) is 46.4 Å². The van der Waals surface area contributed by atoms with E-state index in [2.05, 4.69) is 81.5 Å². The minimum Gasteiger partial charge on any atom is -0.382 e. The summed E-state index contributed by atoms with van der Waals surface area (Å²) >= 11 is 1.56. The summed E-state index contributed by atoms with van der Waals surface area (Å²) in [5.74, 6) is 0. The molecule has 0 saturated carbocycles. The second kappa shape index (κ2) is 11.2. The van der Waals surface area contributed by atoms with Crippen LogP contribution in [0.1, 0.15) is 33.1 Å². The molecule has 1 atom stereocenters. The van der Waals surface area contributed by atoms with Crippen LogP contribution in [0.3, 0.4) is 0 Å². The Labute approximate surface area is 232 Å². The van der Waals surface area contributed by atoms with Crippen molar-refractivity contribution in [3.8, 4) is 0 Å². The molecular formula is C30H32N8S. The number of nitrogens with one attached hydrogen (secondary N) is 3. The maximum atomic E-state index is 4.70. The van der Waals surface area contributed by atoms with Gasteiger partial charge in [-0.2, -0.15) is 0 Å². The van der Waals surface area contributed by atoms with Crippen molar-refractivity contribution in [3.63, 3.8) is 0 Å². The van der Waals surface area contributed by atoms with Gasteiger partial charge in [0.2, 0.25) is 10.3 Å². The Kier molecular flexibility index (Phi) is 7.23. The zero-order chi connectivity index (χ0) is 26.6. The maximum absolute atomic E-state index is 4.70. The third-order valence-electron chi connectivity index (χ3n) is 7.18. The largest absolute Gasteiger partial charge is 0.382 e. The fraction of sp³-hybridized carbons (Fsp3) is 0.267. The van der Waals surface area contributed by atoms with Crippen LogP contribution in [0.4, 0.5) is 33.0 Å². The molecule has 0 amide bonds. The SMILES string of the molecule is CCC(C)Nc1ccc(N=Nc2ccc(NNc3nnc(N4CCCC4)s3)c3ccccc23)c2ccccc12. The zero-order valence-electron chi connectivity index (χ0n) is 22.2. The van der Waals surface area contributed by atoms with Crippen LogP contribution in [0.2, 0.25) is 0 Å². The number of nitrogens with zero attached hydrogens (tertiary/aromatic N) is 5. The molecule has 0 radical (unpaired) electrons. The number of azo groups is 1. The van der Waals surface area contributed by atoms with Gasteiger partial charge in [-0.1, -0.05) is 66.8 Å². The summed E-state index contributed by atoms with van der Waals surface area (Å²) in [6.45, 7) is 6.49. The first-order valence-electron chi connectivity index (χ1n) is 13.5. The van der Waals surface area contributed by atoms with Gasteiger partial charge in [-0.25, -0.2) is 0 Å². The van der Waals surface area contributed by atoms with Gasteiger partial charge in [-0.3, -0.25) is 10.9 Å². The minimum atomic E-state index is 0.396. The molecule has 3 N–H and O–H groups in total. The van der Waals surface area contributed by atoms with Crippen LogP contribution in [-0.4, -0.2) is 29.3 Å². The topological polar surface area (TPSA) is 89.8 Å². The van der Waals surface area contributed by atoms with Gasteiger partial charge in [0.1, 0.15) is 0 Å². The normalized spacial score (nSPS) is 14.4. The summed E-state index contributed by atoms with van der Waals surface area (Å²) in [4.78, 5) is 2.29. The quantitative estimate of drug-likeness (QED) is 0.129. The standard InChI is InChI=1S/C30H32N8S/c1-3-20(2)31-25-14-15-26(22-11-5-4-10-21(22)25)32-33-27-16-17-28(24-13-7-6-12-23(24)27)34-35-29-36-37-30(39-29)38-18-8-9-19-38/h4-7,10-17,20,31,34H,3,8-9,18-19H2,1-2H3,(H,35,36). The van der Waals surface area contributed by atoms with E-state index >= 15 is 0 Å². The van der Waals surface area contributed by atoms with Crippen LogP contribution >= 0.6 is 11.3 Å². The van der Waals surface area contributed by atoms with E-state index in [1.807, 2.05) is 36.4 Å². The Morgan fingerprint density at radius 3 is 2.00 bits per heavy atom. The number of anilines is 4. The predicted molar refractivity (Wildman–Crippen MR) is 164 cm³/mol. The highest BCUT2D eigenvalue weighted by molar-refractivity contribution is 7.19. The predicted octanol–water partition coefficient (Wildman–Crippen LogP) is 8.51. The van der Waals surface area contributed by atoms with Crippen molar-refractivity contribution >= 4 is 65.9 Å². The zero-order valence-corrected chi connectivity index (χ0v) is 23.0. The van der Waals surface area contributed by atoms with E-state index in [-0.39, 0.29) is 0 Å².